The Morgan fingerprint density at radius 3 is 2.27 bits per heavy atom. The zero-order valence-corrected chi connectivity index (χ0v) is 24.2. The third kappa shape index (κ3) is 5.16. The van der Waals surface area contributed by atoms with E-state index in [4.69, 9.17) is 21.1 Å². The van der Waals surface area contributed by atoms with Crippen molar-refractivity contribution in [2.75, 3.05) is 25.1 Å². The monoisotopic (exact) mass is 562 g/mol. The Balaban J connectivity index is 1.55. The van der Waals surface area contributed by atoms with Gasteiger partial charge >= 0.3 is 0 Å². The van der Waals surface area contributed by atoms with Gasteiger partial charge in [0.2, 0.25) is 11.8 Å². The molecular formula is C32H35ClN2O5. The van der Waals surface area contributed by atoms with Crippen molar-refractivity contribution < 1.29 is 24.2 Å². The van der Waals surface area contributed by atoms with Gasteiger partial charge < -0.3 is 24.4 Å². The van der Waals surface area contributed by atoms with Crippen LogP contribution in [0.25, 0.3) is 0 Å². The van der Waals surface area contributed by atoms with Crippen molar-refractivity contribution in [2.45, 2.75) is 51.9 Å². The lowest BCUT2D eigenvalue weighted by Crippen LogP contribution is -2.56. The molecular weight excluding hydrogens is 528 g/mol. The van der Waals surface area contributed by atoms with Crippen molar-refractivity contribution in [1.82, 2.24) is 4.90 Å². The molecule has 0 spiro atoms. The highest BCUT2D eigenvalue weighted by Gasteiger charge is 2.43. The summed E-state index contributed by atoms with van der Waals surface area (Å²) >= 11 is 6.22. The lowest BCUT2D eigenvalue weighted by molar-refractivity contribution is -0.144. The third-order valence-electron chi connectivity index (χ3n) is 7.99. The van der Waals surface area contributed by atoms with E-state index in [0.29, 0.717) is 29.6 Å². The van der Waals surface area contributed by atoms with Gasteiger partial charge in [0.1, 0.15) is 0 Å². The predicted octanol–water partition coefficient (Wildman–Crippen LogP) is 5.50. The number of nitrogens with zero attached hydrogens (tertiary/aromatic N) is 2. The Hall–Kier alpha value is -3.55. The Kier molecular flexibility index (Phi) is 7.55. The van der Waals surface area contributed by atoms with E-state index < -0.39 is 11.6 Å². The van der Waals surface area contributed by atoms with E-state index in [0.717, 1.165) is 27.9 Å². The highest BCUT2D eigenvalue weighted by Crippen LogP contribution is 2.44. The van der Waals surface area contributed by atoms with Crippen LogP contribution in [0.15, 0.2) is 60.7 Å². The van der Waals surface area contributed by atoms with E-state index in [2.05, 4.69) is 0 Å². The molecule has 0 saturated carbocycles. The summed E-state index contributed by atoms with van der Waals surface area (Å²) < 4.78 is 11.7. The molecule has 1 unspecified atom stereocenters. The van der Waals surface area contributed by atoms with Crippen molar-refractivity contribution in [2.24, 2.45) is 5.92 Å². The molecule has 2 heterocycles. The van der Waals surface area contributed by atoms with Gasteiger partial charge in [-0.25, -0.2) is 0 Å². The highest BCUT2D eigenvalue weighted by molar-refractivity contribution is 6.30. The number of halogens is 1. The molecule has 1 fully saturated rings. The van der Waals surface area contributed by atoms with Crippen molar-refractivity contribution in [3.05, 3.63) is 87.9 Å². The summed E-state index contributed by atoms with van der Waals surface area (Å²) in [4.78, 5) is 28.9. The maximum atomic E-state index is 13.8. The van der Waals surface area contributed by atoms with Gasteiger partial charge in [0.15, 0.2) is 11.5 Å². The van der Waals surface area contributed by atoms with Gasteiger partial charge in [0.05, 0.1) is 31.3 Å². The molecule has 7 nitrogen and oxygen atoms in total. The predicted molar refractivity (Wildman–Crippen MR) is 155 cm³/mol. The maximum Gasteiger partial charge on any atom is 0.232 e. The summed E-state index contributed by atoms with van der Waals surface area (Å²) in [6.45, 7) is 8.29. The van der Waals surface area contributed by atoms with Crippen LogP contribution in [0.1, 0.15) is 56.0 Å². The third-order valence-corrected chi connectivity index (χ3v) is 8.24. The van der Waals surface area contributed by atoms with Gasteiger partial charge in [-0.05, 0) is 79.4 Å². The van der Waals surface area contributed by atoms with Crippen LogP contribution in [0.3, 0.4) is 0 Å². The average Bonchev–Trinajstić information content (AvgIpc) is 2.87. The highest BCUT2D eigenvalue weighted by atomic mass is 35.5. The first-order valence-corrected chi connectivity index (χ1v) is 13.9. The smallest absolute Gasteiger partial charge is 0.232 e. The Labute approximate surface area is 240 Å². The molecule has 2 aliphatic rings. The van der Waals surface area contributed by atoms with E-state index in [1.54, 1.807) is 30.8 Å². The largest absolute Gasteiger partial charge is 0.493 e. The summed E-state index contributed by atoms with van der Waals surface area (Å²) in [7, 11) is 1.60. The average molecular weight is 563 g/mol. The summed E-state index contributed by atoms with van der Waals surface area (Å²) in [5.41, 5.74) is 3.11. The van der Waals surface area contributed by atoms with Crippen LogP contribution in [0.2, 0.25) is 5.02 Å². The van der Waals surface area contributed by atoms with Gasteiger partial charge in [-0.15, -0.1) is 0 Å². The van der Waals surface area contributed by atoms with Crippen molar-refractivity contribution >= 4 is 29.1 Å². The van der Waals surface area contributed by atoms with Crippen molar-refractivity contribution in [3.63, 3.8) is 0 Å². The molecule has 3 aromatic carbocycles. The lowest BCUT2D eigenvalue weighted by atomic mass is 9.78. The van der Waals surface area contributed by atoms with Crippen LogP contribution in [0, 0.1) is 5.92 Å². The first-order chi connectivity index (χ1) is 19.0. The molecule has 0 radical (unpaired) electrons. The van der Waals surface area contributed by atoms with E-state index in [1.165, 1.54) is 0 Å². The van der Waals surface area contributed by atoms with Crippen LogP contribution >= 0.6 is 11.6 Å². The first-order valence-electron chi connectivity index (χ1n) is 13.5. The number of amides is 2. The fourth-order valence-electron chi connectivity index (χ4n) is 5.62. The summed E-state index contributed by atoms with van der Waals surface area (Å²) in [5, 5.41) is 12.0. The molecule has 210 valence electrons. The Bertz CT molecular complexity index is 1410. The fraction of sp³-hybridized carbons (Fsp3) is 0.375. The molecule has 0 bridgehead atoms. The first kappa shape index (κ1) is 28.0. The Morgan fingerprint density at radius 2 is 1.70 bits per heavy atom. The van der Waals surface area contributed by atoms with Crippen LogP contribution in [0.4, 0.5) is 5.69 Å². The summed E-state index contributed by atoms with van der Waals surface area (Å²) in [6.07, 6.45) is 0.154. The van der Waals surface area contributed by atoms with Crippen molar-refractivity contribution in [3.8, 4) is 11.5 Å². The Morgan fingerprint density at radius 1 is 1.05 bits per heavy atom. The summed E-state index contributed by atoms with van der Waals surface area (Å²) in [6, 6.07) is 18.5. The van der Waals surface area contributed by atoms with Gasteiger partial charge in [-0.3, -0.25) is 9.59 Å². The van der Waals surface area contributed by atoms with Gasteiger partial charge in [-0.1, -0.05) is 35.9 Å². The quantitative estimate of drug-likeness (QED) is 0.411. The maximum absolute atomic E-state index is 13.8. The molecule has 0 aromatic heterocycles. The second-order valence-corrected chi connectivity index (χ2v) is 11.5. The molecule has 0 aliphatic carbocycles. The number of rotatable bonds is 7. The number of anilines is 1. The summed E-state index contributed by atoms with van der Waals surface area (Å²) in [5.74, 6) is 1.12. The number of carbonyl (C=O) groups excluding carboxylic acids is 2. The van der Waals surface area contributed by atoms with Crippen molar-refractivity contribution in [1.29, 1.82) is 0 Å². The number of hydrogen-bond acceptors (Lipinski definition) is 5. The molecule has 2 amide bonds. The lowest BCUT2D eigenvalue weighted by Gasteiger charge is -2.46. The van der Waals surface area contributed by atoms with E-state index >= 15 is 0 Å². The minimum absolute atomic E-state index is 0.0131. The van der Waals surface area contributed by atoms with Crippen LogP contribution < -0.4 is 14.4 Å². The molecule has 2 aliphatic heterocycles. The number of carbonyl (C=O) groups is 2. The second-order valence-electron chi connectivity index (χ2n) is 11.1. The molecule has 8 heteroatoms. The molecule has 40 heavy (non-hydrogen) atoms. The van der Waals surface area contributed by atoms with Gasteiger partial charge in [0.25, 0.3) is 0 Å². The topological polar surface area (TPSA) is 79.3 Å². The molecule has 3 aromatic rings. The van der Waals surface area contributed by atoms with Crippen LogP contribution in [0.5, 0.6) is 11.5 Å². The number of aliphatic hydroxyl groups is 1. The number of benzene rings is 3. The zero-order chi connectivity index (χ0) is 28.8. The fourth-order valence-corrected chi connectivity index (χ4v) is 5.74. The number of ether oxygens (including phenoxy) is 2. The van der Waals surface area contributed by atoms with Gasteiger partial charge in [0, 0.05) is 36.6 Å². The zero-order valence-electron chi connectivity index (χ0n) is 23.5. The van der Waals surface area contributed by atoms with E-state index in [-0.39, 0.29) is 30.3 Å². The van der Waals surface area contributed by atoms with Gasteiger partial charge in [-0.2, -0.15) is 0 Å². The van der Waals surface area contributed by atoms with Crippen LogP contribution in [-0.2, 0) is 21.6 Å². The second kappa shape index (κ2) is 10.8. The normalized spacial score (nSPS) is 18.7. The number of hydrogen-bond donors (Lipinski definition) is 1. The van der Waals surface area contributed by atoms with E-state index in [1.807, 2.05) is 74.5 Å². The number of fused-ring (bicyclic) bond motifs is 1. The number of methoxy groups -OCH3 is 1. The standard InChI is InChI=1S/C32H35ClN2O5/c1-19(2)40-29-16-27-22(14-28(29)39-5)15-30(37)35(31(27)21-6-10-25(33)11-7-21)26-12-8-23(9-13-26)32(4,38)24-17-34(18-24)20(3)36/h6-14,16,19,24,31,38H,15,17-18H2,1-5H3/t31-,32?/m0/s1. The van der Waals surface area contributed by atoms with E-state index in [9.17, 15) is 14.7 Å². The minimum atomic E-state index is -1.10. The molecule has 1 saturated heterocycles. The molecule has 1 N–H and O–H groups in total. The molecule has 5 rings (SSSR count). The SMILES string of the molecule is COc1cc2c(cc1OC(C)C)[C@H](c1ccc(Cl)cc1)N(c1ccc(C(C)(O)C3CN(C(C)=O)C3)cc1)C(=O)C2. The minimum Gasteiger partial charge on any atom is -0.493 e. The van der Waals surface area contributed by atoms with Crippen LogP contribution in [-0.4, -0.2) is 48.1 Å². The molecule has 2 atom stereocenters. The number of likely N-dealkylation sites (tertiary alicyclic amines) is 1.